The first-order chi connectivity index (χ1) is 6.52. The van der Waals surface area contributed by atoms with Crippen molar-refractivity contribution in [2.24, 2.45) is 5.92 Å². The van der Waals surface area contributed by atoms with Crippen LogP contribution in [0.25, 0.3) is 0 Å². The van der Waals surface area contributed by atoms with Gasteiger partial charge in [0.2, 0.25) is 5.78 Å². The van der Waals surface area contributed by atoms with E-state index in [0.29, 0.717) is 15.8 Å². The summed E-state index contributed by atoms with van der Waals surface area (Å²) in [5.41, 5.74) is 1.13. The van der Waals surface area contributed by atoms with Gasteiger partial charge in [-0.05, 0) is 28.4 Å². The van der Waals surface area contributed by atoms with E-state index in [0.717, 1.165) is 0 Å². The van der Waals surface area contributed by atoms with Gasteiger partial charge in [0.15, 0.2) is 0 Å². The molecule has 14 heavy (non-hydrogen) atoms. The van der Waals surface area contributed by atoms with Gasteiger partial charge >= 0.3 is 0 Å². The van der Waals surface area contributed by atoms with Crippen LogP contribution in [0.2, 0.25) is 0 Å². The number of Topliss-reactive ketones (excluding diaryl/α,β-unsaturated/α-hetero) is 1. The number of carbonyl (C=O) groups excluding carboxylic acids is 2. The van der Waals surface area contributed by atoms with Gasteiger partial charge in [0, 0.05) is 12.1 Å². The number of carbonyl (C=O) groups is 2. The Morgan fingerprint density at radius 3 is 2.79 bits per heavy atom. The maximum Gasteiger partial charge on any atom is 0.292 e. The number of halogens is 2. The van der Waals surface area contributed by atoms with Crippen LogP contribution in [0.5, 0.6) is 0 Å². The number of rotatable bonds is 0. The zero-order valence-corrected chi connectivity index (χ0v) is 8.94. The molecule has 0 radical (unpaired) electrons. The number of fused-ring (bicyclic) bond motifs is 1. The van der Waals surface area contributed by atoms with Crippen LogP contribution in [0.15, 0.2) is 21.6 Å². The zero-order chi connectivity index (χ0) is 10.5. The van der Waals surface area contributed by atoms with E-state index in [1.165, 1.54) is 0 Å². The highest BCUT2D eigenvalue weighted by molar-refractivity contribution is 9.12. The van der Waals surface area contributed by atoms with Crippen molar-refractivity contribution in [3.05, 3.63) is 21.6 Å². The molecule has 1 fully saturated rings. The molecule has 0 bridgehead atoms. The van der Waals surface area contributed by atoms with E-state index >= 15 is 0 Å². The Bertz CT molecular complexity index is 411. The minimum absolute atomic E-state index is 0.0230. The number of ketones is 1. The molecule has 0 aromatic rings. The number of allylic oxidation sites excluding steroid dienone is 4. The lowest BCUT2D eigenvalue weighted by Crippen LogP contribution is -2.18. The summed E-state index contributed by atoms with van der Waals surface area (Å²) >= 11 is 3.08. The molecule has 0 spiro atoms. The van der Waals surface area contributed by atoms with E-state index < -0.39 is 17.6 Å². The molecule has 1 heterocycles. The summed E-state index contributed by atoms with van der Waals surface area (Å²) in [7, 11) is 0. The van der Waals surface area contributed by atoms with Crippen LogP contribution in [-0.2, 0) is 9.59 Å². The van der Waals surface area contributed by atoms with Crippen molar-refractivity contribution in [2.45, 2.75) is 13.3 Å². The Kier molecular flexibility index (Phi) is 2.06. The van der Waals surface area contributed by atoms with Crippen LogP contribution in [-0.4, -0.2) is 11.7 Å². The van der Waals surface area contributed by atoms with E-state index in [-0.39, 0.29) is 12.2 Å². The van der Waals surface area contributed by atoms with E-state index in [1.54, 1.807) is 6.92 Å². The minimum Gasteiger partial charge on any atom is -0.322 e. The predicted octanol–water partition coefficient (Wildman–Crippen LogP) is 1.56. The zero-order valence-electron chi connectivity index (χ0n) is 7.36. The third kappa shape index (κ3) is 1.15. The highest BCUT2D eigenvalue weighted by Gasteiger charge is 2.41. The Labute approximate surface area is 88.2 Å². The Hall–Kier alpha value is -0.970. The standard InChI is InChI=1S/C9H7BrFNO2/c1-3-6(10)5(11)2-4-7(3)12-9(14)8(4)13/h4H,2H2,1H3,(H,12,14). The molecule has 0 saturated carbocycles. The monoisotopic (exact) mass is 259 g/mol. The van der Waals surface area contributed by atoms with Crippen molar-refractivity contribution in [1.82, 2.24) is 5.32 Å². The second kappa shape index (κ2) is 3.02. The number of nitrogens with one attached hydrogen (secondary N) is 1. The van der Waals surface area contributed by atoms with Gasteiger partial charge in [-0.15, -0.1) is 0 Å². The second-order valence-corrected chi connectivity index (χ2v) is 4.13. The first-order valence-corrected chi connectivity index (χ1v) is 4.92. The largest absolute Gasteiger partial charge is 0.322 e. The average molecular weight is 260 g/mol. The third-order valence-electron chi connectivity index (χ3n) is 2.49. The predicted molar refractivity (Wildman–Crippen MR) is 51.0 cm³/mol. The van der Waals surface area contributed by atoms with Gasteiger partial charge in [0.25, 0.3) is 5.91 Å². The van der Waals surface area contributed by atoms with Gasteiger partial charge in [-0.3, -0.25) is 9.59 Å². The third-order valence-corrected chi connectivity index (χ3v) is 3.52. The van der Waals surface area contributed by atoms with Crippen molar-refractivity contribution in [2.75, 3.05) is 0 Å². The number of hydrogen-bond donors (Lipinski definition) is 1. The Morgan fingerprint density at radius 1 is 1.50 bits per heavy atom. The first-order valence-electron chi connectivity index (χ1n) is 4.13. The molecule has 0 aromatic heterocycles. The highest BCUT2D eigenvalue weighted by Crippen LogP contribution is 2.39. The smallest absolute Gasteiger partial charge is 0.292 e. The van der Waals surface area contributed by atoms with Gasteiger partial charge in [-0.25, -0.2) is 4.39 Å². The first kappa shape index (κ1) is 9.58. The van der Waals surface area contributed by atoms with Crippen molar-refractivity contribution in [3.63, 3.8) is 0 Å². The molecule has 1 saturated heterocycles. The van der Waals surface area contributed by atoms with Gasteiger partial charge in [0.05, 0.1) is 10.4 Å². The summed E-state index contributed by atoms with van der Waals surface area (Å²) in [6.07, 6.45) is -0.0230. The summed E-state index contributed by atoms with van der Waals surface area (Å²) in [4.78, 5) is 22.3. The fourth-order valence-corrected chi connectivity index (χ4v) is 2.08. The van der Waals surface area contributed by atoms with E-state index in [4.69, 9.17) is 0 Å². The molecule has 1 atom stereocenters. The minimum atomic E-state index is -0.639. The number of hydrogen-bond acceptors (Lipinski definition) is 2. The van der Waals surface area contributed by atoms with E-state index in [1.807, 2.05) is 0 Å². The second-order valence-electron chi connectivity index (χ2n) is 3.33. The average Bonchev–Trinajstić information content (AvgIpc) is 2.42. The lowest BCUT2D eigenvalue weighted by atomic mass is 9.91. The highest BCUT2D eigenvalue weighted by atomic mass is 79.9. The van der Waals surface area contributed by atoms with Crippen LogP contribution in [0, 0.1) is 5.92 Å². The molecule has 1 unspecified atom stereocenters. The molecule has 5 heteroatoms. The summed E-state index contributed by atoms with van der Waals surface area (Å²) in [5, 5.41) is 2.47. The molecule has 0 aromatic carbocycles. The summed E-state index contributed by atoms with van der Waals surface area (Å²) < 4.78 is 13.6. The molecular weight excluding hydrogens is 253 g/mol. The molecule has 1 N–H and O–H groups in total. The van der Waals surface area contributed by atoms with Crippen LogP contribution in [0.3, 0.4) is 0 Å². The SMILES string of the molecule is CC1=C2NC(=O)C(=O)C2CC(F)=C1Br. The molecule has 1 amide bonds. The van der Waals surface area contributed by atoms with Crippen molar-refractivity contribution in [1.29, 1.82) is 0 Å². The van der Waals surface area contributed by atoms with E-state index in [2.05, 4.69) is 21.2 Å². The molecule has 2 aliphatic rings. The molecule has 2 rings (SSSR count). The fraction of sp³-hybridized carbons (Fsp3) is 0.333. The summed E-state index contributed by atoms with van der Waals surface area (Å²) in [5.74, 6) is -2.20. The Balaban J connectivity index is 2.51. The lowest BCUT2D eigenvalue weighted by Gasteiger charge is -2.18. The van der Waals surface area contributed by atoms with Crippen molar-refractivity contribution in [3.8, 4) is 0 Å². The van der Waals surface area contributed by atoms with Gasteiger partial charge in [-0.1, -0.05) is 0 Å². The summed E-state index contributed by atoms with van der Waals surface area (Å²) in [6.45, 7) is 1.67. The fourth-order valence-electron chi connectivity index (χ4n) is 1.70. The molecule has 1 aliphatic carbocycles. The van der Waals surface area contributed by atoms with Crippen LogP contribution in [0.1, 0.15) is 13.3 Å². The van der Waals surface area contributed by atoms with Crippen LogP contribution < -0.4 is 5.32 Å². The maximum absolute atomic E-state index is 13.3. The van der Waals surface area contributed by atoms with Gasteiger partial charge < -0.3 is 5.32 Å². The van der Waals surface area contributed by atoms with Crippen LogP contribution in [0.4, 0.5) is 4.39 Å². The van der Waals surface area contributed by atoms with E-state index in [9.17, 15) is 14.0 Å². The molecular formula is C9H7BrFNO2. The van der Waals surface area contributed by atoms with Gasteiger partial charge in [-0.2, -0.15) is 0 Å². The normalized spacial score (nSPS) is 26.9. The van der Waals surface area contributed by atoms with Gasteiger partial charge in [0.1, 0.15) is 5.83 Å². The van der Waals surface area contributed by atoms with Crippen molar-refractivity contribution >= 4 is 27.6 Å². The number of amides is 1. The topological polar surface area (TPSA) is 46.2 Å². The molecule has 3 nitrogen and oxygen atoms in total. The van der Waals surface area contributed by atoms with Crippen molar-refractivity contribution < 1.29 is 14.0 Å². The quantitative estimate of drug-likeness (QED) is 0.672. The maximum atomic E-state index is 13.3. The molecule has 74 valence electrons. The summed E-state index contributed by atoms with van der Waals surface area (Å²) in [6, 6.07) is 0. The Morgan fingerprint density at radius 2 is 2.14 bits per heavy atom. The van der Waals surface area contributed by atoms with Crippen LogP contribution >= 0.6 is 15.9 Å². The molecule has 1 aliphatic heterocycles. The lowest BCUT2D eigenvalue weighted by molar-refractivity contribution is -0.136.